The fraction of sp³-hybridized carbons (Fsp3) is 0.407. The van der Waals surface area contributed by atoms with E-state index in [0.717, 1.165) is 68.8 Å². The van der Waals surface area contributed by atoms with Crippen LogP contribution >= 0.6 is 0 Å². The summed E-state index contributed by atoms with van der Waals surface area (Å²) in [7, 11) is 0. The highest BCUT2D eigenvalue weighted by Crippen LogP contribution is 2.20. The van der Waals surface area contributed by atoms with Crippen molar-refractivity contribution in [3.05, 3.63) is 72.1 Å². The zero-order chi connectivity index (χ0) is 22.8. The average Bonchev–Trinajstić information content (AvgIpc) is 3.14. The Kier molecular flexibility index (Phi) is 8.90. The normalized spacial score (nSPS) is 10.9. The summed E-state index contributed by atoms with van der Waals surface area (Å²) < 4.78 is 8.31. The topological polar surface area (TPSA) is 56.2 Å². The van der Waals surface area contributed by atoms with Gasteiger partial charge >= 0.3 is 0 Å². The van der Waals surface area contributed by atoms with Crippen molar-refractivity contribution in [1.82, 2.24) is 14.9 Å². The number of imidazole rings is 1. The first-order valence-electron chi connectivity index (χ1n) is 11.6. The molecule has 5 heteroatoms. The first-order chi connectivity index (χ1) is 15.6. The molecule has 0 fully saturated rings. The SMILES string of the molecule is C=C(C)C(=O)NCCCCCc1nc2ccccc2n1CCCCOc1ccccc1C. The fourth-order valence-corrected chi connectivity index (χ4v) is 3.78. The first kappa shape index (κ1) is 23.6. The second-order valence-corrected chi connectivity index (χ2v) is 8.34. The number of nitrogens with zero attached hydrogens (tertiary/aromatic N) is 2. The lowest BCUT2D eigenvalue weighted by atomic mass is 10.2. The summed E-state index contributed by atoms with van der Waals surface area (Å²) in [5.41, 5.74) is 4.00. The number of aromatic nitrogens is 2. The van der Waals surface area contributed by atoms with Crippen LogP contribution in [0.25, 0.3) is 11.0 Å². The Morgan fingerprint density at radius 1 is 1.03 bits per heavy atom. The Morgan fingerprint density at radius 2 is 1.81 bits per heavy atom. The van der Waals surface area contributed by atoms with Gasteiger partial charge in [-0.3, -0.25) is 4.79 Å². The highest BCUT2D eigenvalue weighted by atomic mass is 16.5. The highest BCUT2D eigenvalue weighted by molar-refractivity contribution is 5.92. The molecule has 0 spiro atoms. The standard InChI is InChI=1S/C27H35N3O2/c1-21(2)27(31)28-18-10-4-5-17-26-29-23-14-7-8-15-24(23)30(26)19-11-12-20-32-25-16-9-6-13-22(25)3/h6-9,13-16H,1,4-5,10-12,17-20H2,2-3H3,(H,28,31). The molecule has 0 saturated heterocycles. The van der Waals surface area contributed by atoms with Gasteiger partial charge in [-0.2, -0.15) is 0 Å². The maximum atomic E-state index is 11.6. The number of fused-ring (bicyclic) bond motifs is 1. The molecular formula is C27H35N3O2. The predicted molar refractivity (Wildman–Crippen MR) is 131 cm³/mol. The van der Waals surface area contributed by atoms with Crippen LogP contribution in [0, 0.1) is 6.92 Å². The van der Waals surface area contributed by atoms with Gasteiger partial charge in [-0.25, -0.2) is 4.98 Å². The number of hydrogen-bond donors (Lipinski definition) is 1. The third-order valence-corrected chi connectivity index (χ3v) is 5.61. The number of carbonyl (C=O) groups is 1. The van der Waals surface area contributed by atoms with Crippen LogP contribution in [0.4, 0.5) is 0 Å². The van der Waals surface area contributed by atoms with E-state index < -0.39 is 0 Å². The first-order valence-corrected chi connectivity index (χ1v) is 11.6. The summed E-state index contributed by atoms with van der Waals surface area (Å²) in [6.45, 7) is 9.84. The highest BCUT2D eigenvalue weighted by Gasteiger charge is 2.10. The smallest absolute Gasteiger partial charge is 0.246 e. The summed E-state index contributed by atoms with van der Waals surface area (Å²) >= 11 is 0. The molecule has 0 saturated carbocycles. The third-order valence-electron chi connectivity index (χ3n) is 5.61. The van der Waals surface area contributed by atoms with Gasteiger partial charge in [0.2, 0.25) is 5.91 Å². The van der Waals surface area contributed by atoms with Crippen molar-refractivity contribution in [1.29, 1.82) is 0 Å². The van der Waals surface area contributed by atoms with Crippen LogP contribution in [-0.4, -0.2) is 28.6 Å². The number of ether oxygens (including phenoxy) is 1. The predicted octanol–water partition coefficient (Wildman–Crippen LogP) is 5.61. The fourth-order valence-electron chi connectivity index (χ4n) is 3.78. The van der Waals surface area contributed by atoms with Gasteiger partial charge in [-0.15, -0.1) is 0 Å². The van der Waals surface area contributed by atoms with Crippen LogP contribution in [0.2, 0.25) is 0 Å². The van der Waals surface area contributed by atoms with Gasteiger partial charge in [0.05, 0.1) is 17.6 Å². The van der Waals surface area contributed by atoms with E-state index >= 15 is 0 Å². The maximum absolute atomic E-state index is 11.6. The molecule has 1 heterocycles. The summed E-state index contributed by atoms with van der Waals surface area (Å²) in [4.78, 5) is 16.4. The van der Waals surface area contributed by atoms with Crippen LogP contribution < -0.4 is 10.1 Å². The summed E-state index contributed by atoms with van der Waals surface area (Å²) in [6.07, 6.45) is 6.08. The number of amides is 1. The van der Waals surface area contributed by atoms with Gasteiger partial charge in [0, 0.05) is 25.1 Å². The molecular weight excluding hydrogens is 398 g/mol. The molecule has 5 nitrogen and oxygen atoms in total. The van der Waals surface area contributed by atoms with Crippen molar-refractivity contribution < 1.29 is 9.53 Å². The molecule has 3 aromatic rings. The maximum Gasteiger partial charge on any atom is 0.246 e. The van der Waals surface area contributed by atoms with E-state index in [1.165, 1.54) is 11.1 Å². The number of rotatable bonds is 13. The molecule has 3 rings (SSSR count). The van der Waals surface area contributed by atoms with Crippen LogP contribution in [0.15, 0.2) is 60.7 Å². The molecule has 170 valence electrons. The van der Waals surface area contributed by atoms with Crippen molar-refractivity contribution in [3.8, 4) is 5.75 Å². The molecule has 0 aliphatic rings. The molecule has 0 atom stereocenters. The van der Waals surface area contributed by atoms with Gasteiger partial charge in [0.1, 0.15) is 11.6 Å². The Labute approximate surface area is 191 Å². The molecule has 1 amide bonds. The lowest BCUT2D eigenvalue weighted by Crippen LogP contribution is -2.24. The lowest BCUT2D eigenvalue weighted by molar-refractivity contribution is -0.117. The van der Waals surface area contributed by atoms with Crippen LogP contribution in [0.3, 0.4) is 0 Å². The molecule has 0 bridgehead atoms. The zero-order valence-electron chi connectivity index (χ0n) is 19.4. The van der Waals surface area contributed by atoms with E-state index in [1.54, 1.807) is 6.92 Å². The van der Waals surface area contributed by atoms with Gasteiger partial charge in [0.25, 0.3) is 0 Å². The van der Waals surface area contributed by atoms with E-state index in [1.807, 2.05) is 24.3 Å². The number of benzene rings is 2. The molecule has 0 aliphatic heterocycles. The molecule has 0 unspecified atom stereocenters. The lowest BCUT2D eigenvalue weighted by Gasteiger charge is -2.11. The van der Waals surface area contributed by atoms with Crippen molar-refractivity contribution in [3.63, 3.8) is 0 Å². The number of carbonyl (C=O) groups excluding carboxylic acids is 1. The van der Waals surface area contributed by atoms with Gasteiger partial charge in [-0.05, 0) is 63.3 Å². The van der Waals surface area contributed by atoms with Gasteiger partial charge in [0.15, 0.2) is 0 Å². The van der Waals surface area contributed by atoms with E-state index in [2.05, 4.69) is 47.7 Å². The third kappa shape index (κ3) is 6.71. The van der Waals surface area contributed by atoms with Gasteiger partial charge in [-0.1, -0.05) is 43.3 Å². The number of hydrogen-bond acceptors (Lipinski definition) is 3. The molecule has 0 aliphatic carbocycles. The number of unbranched alkanes of at least 4 members (excludes halogenated alkanes) is 3. The zero-order valence-corrected chi connectivity index (χ0v) is 19.4. The van der Waals surface area contributed by atoms with Crippen LogP contribution in [0.5, 0.6) is 5.75 Å². The molecule has 1 N–H and O–H groups in total. The monoisotopic (exact) mass is 433 g/mol. The van der Waals surface area contributed by atoms with E-state index in [-0.39, 0.29) is 5.91 Å². The van der Waals surface area contributed by atoms with Crippen molar-refractivity contribution in [2.45, 2.75) is 58.9 Å². The molecule has 1 aromatic heterocycles. The van der Waals surface area contributed by atoms with Crippen LogP contribution in [-0.2, 0) is 17.8 Å². The van der Waals surface area contributed by atoms with Crippen LogP contribution in [0.1, 0.15) is 50.4 Å². The molecule has 32 heavy (non-hydrogen) atoms. The molecule has 2 aromatic carbocycles. The Hall–Kier alpha value is -3.08. The quantitative estimate of drug-likeness (QED) is 0.282. The minimum atomic E-state index is -0.0572. The second kappa shape index (κ2) is 12.1. The minimum absolute atomic E-state index is 0.0572. The largest absolute Gasteiger partial charge is 0.493 e. The van der Waals surface area contributed by atoms with E-state index in [4.69, 9.17) is 9.72 Å². The summed E-state index contributed by atoms with van der Waals surface area (Å²) in [5.74, 6) is 2.07. The van der Waals surface area contributed by atoms with Crippen molar-refractivity contribution in [2.24, 2.45) is 0 Å². The Balaban J connectivity index is 1.47. The summed E-state index contributed by atoms with van der Waals surface area (Å²) in [5, 5.41) is 2.90. The summed E-state index contributed by atoms with van der Waals surface area (Å²) in [6, 6.07) is 16.5. The van der Waals surface area contributed by atoms with E-state index in [0.29, 0.717) is 12.1 Å². The minimum Gasteiger partial charge on any atom is -0.493 e. The van der Waals surface area contributed by atoms with E-state index in [9.17, 15) is 4.79 Å². The Bertz CT molecular complexity index is 1040. The van der Waals surface area contributed by atoms with Crippen molar-refractivity contribution in [2.75, 3.05) is 13.2 Å². The average molecular weight is 434 g/mol. The number of para-hydroxylation sites is 3. The second-order valence-electron chi connectivity index (χ2n) is 8.34. The van der Waals surface area contributed by atoms with Gasteiger partial charge < -0.3 is 14.6 Å². The molecule has 0 radical (unpaired) electrons. The number of aryl methyl sites for hydroxylation is 3. The van der Waals surface area contributed by atoms with Crippen molar-refractivity contribution >= 4 is 16.9 Å². The number of nitrogens with one attached hydrogen (secondary N) is 1. The Morgan fingerprint density at radius 3 is 2.62 bits per heavy atom.